The molecule has 0 saturated carbocycles. The highest BCUT2D eigenvalue weighted by Gasteiger charge is 2.36. The molecule has 3 aromatic rings. The van der Waals surface area contributed by atoms with E-state index in [1.165, 1.54) is 0 Å². The van der Waals surface area contributed by atoms with Gasteiger partial charge in [0.15, 0.2) is 0 Å². The van der Waals surface area contributed by atoms with E-state index in [4.69, 9.17) is 4.74 Å². The number of carbonyl (C=O) groups excluding carboxylic acids is 3. The van der Waals surface area contributed by atoms with Crippen molar-refractivity contribution in [3.05, 3.63) is 60.3 Å². The van der Waals surface area contributed by atoms with Gasteiger partial charge in [-0.1, -0.05) is 30.3 Å². The minimum Gasteiger partial charge on any atom is -0.495 e. The highest BCUT2D eigenvalue weighted by Crippen LogP contribution is 2.32. The topological polar surface area (TPSA) is 104 Å². The molecule has 8 nitrogen and oxygen atoms in total. The van der Waals surface area contributed by atoms with Crippen molar-refractivity contribution in [2.45, 2.75) is 6.42 Å². The Labute approximate surface area is 179 Å². The fourth-order valence-electron chi connectivity index (χ4n) is 3.83. The van der Waals surface area contributed by atoms with Crippen LogP contribution < -0.4 is 20.3 Å². The number of rotatable bonds is 7. The van der Waals surface area contributed by atoms with Crippen LogP contribution in [0.2, 0.25) is 0 Å². The number of fused-ring (bicyclic) bond motifs is 1. The summed E-state index contributed by atoms with van der Waals surface area (Å²) in [7, 11) is 1.55. The summed E-state index contributed by atoms with van der Waals surface area (Å²) in [5, 5.41) is 6.48. The Hall–Kier alpha value is -3.81. The molecular formula is C23H24N4O4. The summed E-state index contributed by atoms with van der Waals surface area (Å²) in [4.78, 5) is 42.0. The van der Waals surface area contributed by atoms with Gasteiger partial charge >= 0.3 is 0 Å². The highest BCUT2D eigenvalue weighted by atomic mass is 16.5. The lowest BCUT2D eigenvalue weighted by Crippen LogP contribution is -2.38. The Kier molecular flexibility index (Phi) is 5.88. The Morgan fingerprint density at radius 3 is 2.68 bits per heavy atom. The predicted octanol–water partition coefficient (Wildman–Crippen LogP) is 2.08. The molecule has 1 saturated heterocycles. The SMILES string of the molecule is COc1ccccc1N1C[C@@H](C(=O)NCCNC(=O)c2c[nH]c3ccccc23)CC1=O. The number of aromatic amines is 1. The van der Waals surface area contributed by atoms with Crippen LogP contribution in [-0.4, -0.2) is 49.4 Å². The largest absolute Gasteiger partial charge is 0.495 e. The van der Waals surface area contributed by atoms with Crippen LogP contribution in [0.1, 0.15) is 16.8 Å². The lowest BCUT2D eigenvalue weighted by atomic mass is 10.1. The van der Waals surface area contributed by atoms with Crippen LogP contribution in [0.25, 0.3) is 10.9 Å². The van der Waals surface area contributed by atoms with Crippen molar-refractivity contribution in [3.8, 4) is 5.75 Å². The standard InChI is InChI=1S/C23H24N4O4/c1-31-20-9-5-4-8-19(20)27-14-15(12-21(27)28)22(29)24-10-11-25-23(30)17-13-26-18-7-3-2-6-16(17)18/h2-9,13,15,26H,10-12,14H2,1H3,(H,24,29)(H,25,30)/t15-/m0/s1. The molecule has 31 heavy (non-hydrogen) atoms. The number of hydrogen-bond acceptors (Lipinski definition) is 4. The number of nitrogens with one attached hydrogen (secondary N) is 3. The summed E-state index contributed by atoms with van der Waals surface area (Å²) in [6, 6.07) is 14.8. The minimum absolute atomic E-state index is 0.114. The monoisotopic (exact) mass is 420 g/mol. The van der Waals surface area contributed by atoms with E-state index >= 15 is 0 Å². The maximum Gasteiger partial charge on any atom is 0.253 e. The number of aromatic nitrogens is 1. The molecule has 0 unspecified atom stereocenters. The van der Waals surface area contributed by atoms with Crippen molar-refractivity contribution < 1.29 is 19.1 Å². The zero-order valence-electron chi connectivity index (χ0n) is 17.2. The van der Waals surface area contributed by atoms with Crippen LogP contribution >= 0.6 is 0 Å². The van der Waals surface area contributed by atoms with Gasteiger partial charge in [0.1, 0.15) is 5.75 Å². The number of methoxy groups -OCH3 is 1. The molecule has 0 radical (unpaired) electrons. The van der Waals surface area contributed by atoms with Crippen molar-refractivity contribution in [2.24, 2.45) is 5.92 Å². The molecule has 0 aliphatic carbocycles. The molecule has 0 spiro atoms. The fourth-order valence-corrected chi connectivity index (χ4v) is 3.83. The van der Waals surface area contributed by atoms with E-state index in [9.17, 15) is 14.4 Å². The van der Waals surface area contributed by atoms with E-state index in [0.717, 1.165) is 10.9 Å². The van der Waals surface area contributed by atoms with Gasteiger partial charge in [-0.25, -0.2) is 0 Å². The van der Waals surface area contributed by atoms with Crippen LogP contribution in [0.3, 0.4) is 0 Å². The van der Waals surface area contributed by atoms with Crippen LogP contribution in [0, 0.1) is 5.92 Å². The van der Waals surface area contributed by atoms with Crippen molar-refractivity contribution in [1.82, 2.24) is 15.6 Å². The Balaban J connectivity index is 1.27. The number of carbonyl (C=O) groups is 3. The molecule has 1 aliphatic rings. The summed E-state index contributed by atoms with van der Waals surface area (Å²) in [6.07, 6.45) is 1.82. The Morgan fingerprint density at radius 2 is 1.84 bits per heavy atom. The molecule has 0 bridgehead atoms. The molecule has 1 atom stereocenters. The lowest BCUT2D eigenvalue weighted by molar-refractivity contribution is -0.126. The molecule has 1 fully saturated rings. The number of nitrogens with zero attached hydrogens (tertiary/aromatic N) is 1. The second kappa shape index (κ2) is 8.91. The quantitative estimate of drug-likeness (QED) is 0.509. The third-order valence-corrected chi connectivity index (χ3v) is 5.42. The first-order valence-electron chi connectivity index (χ1n) is 10.1. The van der Waals surface area contributed by atoms with Crippen molar-refractivity contribution in [3.63, 3.8) is 0 Å². The molecule has 8 heteroatoms. The van der Waals surface area contributed by atoms with E-state index in [-0.39, 0.29) is 30.7 Å². The smallest absolute Gasteiger partial charge is 0.253 e. The number of amides is 3. The fraction of sp³-hybridized carbons (Fsp3) is 0.261. The van der Waals surface area contributed by atoms with Crippen molar-refractivity contribution in [2.75, 3.05) is 31.6 Å². The number of para-hydroxylation sites is 3. The highest BCUT2D eigenvalue weighted by molar-refractivity contribution is 6.06. The van der Waals surface area contributed by atoms with Gasteiger partial charge < -0.3 is 25.3 Å². The van der Waals surface area contributed by atoms with Crippen LogP contribution in [0.5, 0.6) is 5.75 Å². The zero-order chi connectivity index (χ0) is 21.8. The van der Waals surface area contributed by atoms with Gasteiger partial charge in [0, 0.05) is 43.2 Å². The summed E-state index contributed by atoms with van der Waals surface area (Å²) in [5.74, 6) is -0.367. The average molecular weight is 420 g/mol. The third kappa shape index (κ3) is 4.23. The first kappa shape index (κ1) is 20.5. The first-order valence-corrected chi connectivity index (χ1v) is 10.1. The molecule has 1 aliphatic heterocycles. The average Bonchev–Trinajstić information content (AvgIpc) is 3.40. The second-order valence-electron chi connectivity index (χ2n) is 7.37. The Morgan fingerprint density at radius 1 is 1.10 bits per heavy atom. The van der Waals surface area contributed by atoms with Gasteiger partial charge in [0.2, 0.25) is 11.8 Å². The number of benzene rings is 2. The molecule has 4 rings (SSSR count). The van der Waals surface area contributed by atoms with E-state index in [0.29, 0.717) is 30.1 Å². The van der Waals surface area contributed by atoms with Crippen LogP contribution in [-0.2, 0) is 9.59 Å². The normalized spacial score (nSPS) is 15.8. The molecule has 3 N–H and O–H groups in total. The van der Waals surface area contributed by atoms with Crippen LogP contribution in [0.4, 0.5) is 5.69 Å². The van der Waals surface area contributed by atoms with Crippen molar-refractivity contribution in [1.29, 1.82) is 0 Å². The van der Waals surface area contributed by atoms with E-state index < -0.39 is 5.92 Å². The van der Waals surface area contributed by atoms with Gasteiger partial charge in [0.25, 0.3) is 5.91 Å². The zero-order valence-corrected chi connectivity index (χ0v) is 17.2. The summed E-state index contributed by atoms with van der Waals surface area (Å²) < 4.78 is 5.32. The third-order valence-electron chi connectivity index (χ3n) is 5.42. The van der Waals surface area contributed by atoms with E-state index in [2.05, 4.69) is 15.6 Å². The maximum absolute atomic E-state index is 12.5. The van der Waals surface area contributed by atoms with Gasteiger partial charge in [-0.3, -0.25) is 14.4 Å². The minimum atomic E-state index is -0.443. The molecule has 3 amide bonds. The summed E-state index contributed by atoms with van der Waals surface area (Å²) in [5.41, 5.74) is 2.12. The summed E-state index contributed by atoms with van der Waals surface area (Å²) >= 11 is 0. The second-order valence-corrected chi connectivity index (χ2v) is 7.37. The van der Waals surface area contributed by atoms with Gasteiger partial charge in [-0.05, 0) is 18.2 Å². The van der Waals surface area contributed by atoms with E-state index in [1.54, 1.807) is 30.3 Å². The van der Waals surface area contributed by atoms with Crippen LogP contribution in [0.15, 0.2) is 54.7 Å². The molecule has 1 aromatic heterocycles. The molecule has 2 heterocycles. The predicted molar refractivity (Wildman–Crippen MR) is 117 cm³/mol. The molecular weight excluding hydrogens is 396 g/mol. The number of hydrogen-bond donors (Lipinski definition) is 3. The lowest BCUT2D eigenvalue weighted by Gasteiger charge is -2.19. The first-order chi connectivity index (χ1) is 15.1. The number of ether oxygens (including phenoxy) is 1. The number of H-pyrrole nitrogens is 1. The summed E-state index contributed by atoms with van der Waals surface area (Å²) in [6.45, 7) is 0.875. The maximum atomic E-state index is 12.5. The van der Waals surface area contributed by atoms with Gasteiger partial charge in [0.05, 0.1) is 24.3 Å². The Bertz CT molecular complexity index is 1120. The molecule has 160 valence electrons. The van der Waals surface area contributed by atoms with Gasteiger partial charge in [-0.15, -0.1) is 0 Å². The van der Waals surface area contributed by atoms with Gasteiger partial charge in [-0.2, -0.15) is 0 Å². The molecule has 2 aromatic carbocycles. The van der Waals surface area contributed by atoms with Crippen molar-refractivity contribution >= 4 is 34.3 Å². The number of anilines is 1. The van der Waals surface area contributed by atoms with E-state index in [1.807, 2.05) is 36.4 Å².